The van der Waals surface area contributed by atoms with E-state index in [2.05, 4.69) is 34.5 Å². The van der Waals surface area contributed by atoms with Crippen LogP contribution in [0.2, 0.25) is 0 Å². The monoisotopic (exact) mass is 381 g/mol. The zero-order chi connectivity index (χ0) is 19.9. The highest BCUT2D eigenvalue weighted by molar-refractivity contribution is 5.92. The fourth-order valence-corrected chi connectivity index (χ4v) is 3.87. The molecule has 1 amide bonds. The number of carbonyl (C=O) groups is 1. The van der Waals surface area contributed by atoms with Crippen LogP contribution in [0.15, 0.2) is 36.5 Å². The summed E-state index contributed by atoms with van der Waals surface area (Å²) in [7, 11) is 0. The largest absolute Gasteiger partial charge is 0.344 e. The highest BCUT2D eigenvalue weighted by Crippen LogP contribution is 2.41. The van der Waals surface area contributed by atoms with Gasteiger partial charge in [0.1, 0.15) is 11.5 Å². The Morgan fingerprint density at radius 3 is 2.79 bits per heavy atom. The molecular formula is C21H24FN5O. The molecule has 7 heteroatoms. The molecule has 1 aliphatic carbocycles. The molecule has 1 atom stereocenters. The second kappa shape index (κ2) is 6.89. The van der Waals surface area contributed by atoms with Gasteiger partial charge < -0.3 is 5.32 Å². The smallest absolute Gasteiger partial charge is 0.272 e. The molecule has 1 aliphatic rings. The highest BCUT2D eigenvalue weighted by atomic mass is 19.1. The molecule has 3 aromatic rings. The first kappa shape index (κ1) is 18.4. The lowest BCUT2D eigenvalue weighted by Crippen LogP contribution is -2.37. The van der Waals surface area contributed by atoms with E-state index in [1.165, 1.54) is 12.1 Å². The van der Waals surface area contributed by atoms with E-state index in [4.69, 9.17) is 0 Å². The molecule has 1 aromatic carbocycles. The quantitative estimate of drug-likeness (QED) is 0.723. The van der Waals surface area contributed by atoms with Gasteiger partial charge in [0.2, 0.25) is 0 Å². The number of nitrogens with one attached hydrogen (secondary N) is 2. The van der Waals surface area contributed by atoms with Crippen LogP contribution in [0.3, 0.4) is 0 Å². The number of carbonyl (C=O) groups excluding carboxylic acids is 1. The molecule has 0 unspecified atom stereocenters. The lowest BCUT2D eigenvalue weighted by Gasteiger charge is -2.35. The maximum atomic E-state index is 13.3. The average Bonchev–Trinajstić information content (AvgIpc) is 3.28. The maximum Gasteiger partial charge on any atom is 0.272 e. The highest BCUT2D eigenvalue weighted by Gasteiger charge is 2.36. The lowest BCUT2D eigenvalue weighted by molar-refractivity contribution is 0.0914. The third-order valence-corrected chi connectivity index (χ3v) is 5.30. The Morgan fingerprint density at radius 2 is 2.11 bits per heavy atom. The van der Waals surface area contributed by atoms with Crippen molar-refractivity contribution in [3.8, 4) is 5.69 Å². The van der Waals surface area contributed by atoms with Crippen LogP contribution in [0.1, 0.15) is 60.7 Å². The second-order valence-electron chi connectivity index (χ2n) is 8.14. The van der Waals surface area contributed by atoms with Gasteiger partial charge in [0, 0.05) is 11.3 Å². The third kappa shape index (κ3) is 3.44. The SMILES string of the molecule is CCc1cc(C(=O)N[C@@H]2CC(C)(C)Cc3c2cnn3-c2ccc(F)cc2)n[nH]1. The number of aromatic nitrogens is 4. The summed E-state index contributed by atoms with van der Waals surface area (Å²) in [6.45, 7) is 6.37. The Morgan fingerprint density at radius 1 is 1.36 bits per heavy atom. The number of halogens is 1. The number of aryl methyl sites for hydroxylation is 1. The van der Waals surface area contributed by atoms with Crippen LogP contribution in [0.5, 0.6) is 0 Å². The molecule has 4 rings (SSSR count). The van der Waals surface area contributed by atoms with E-state index in [1.807, 2.05) is 11.6 Å². The summed E-state index contributed by atoms with van der Waals surface area (Å²) in [4.78, 5) is 12.7. The number of benzene rings is 1. The molecule has 2 aromatic heterocycles. The molecule has 2 N–H and O–H groups in total. The van der Waals surface area contributed by atoms with Crippen LogP contribution < -0.4 is 5.32 Å². The molecule has 0 fully saturated rings. The van der Waals surface area contributed by atoms with Crippen molar-refractivity contribution >= 4 is 5.91 Å². The van der Waals surface area contributed by atoms with Crippen molar-refractivity contribution in [3.05, 3.63) is 65.0 Å². The first-order valence-electron chi connectivity index (χ1n) is 9.54. The Bertz CT molecular complexity index is 1000. The average molecular weight is 381 g/mol. The van der Waals surface area contributed by atoms with Crippen molar-refractivity contribution < 1.29 is 9.18 Å². The molecule has 0 aliphatic heterocycles. The van der Waals surface area contributed by atoms with Gasteiger partial charge in [-0.25, -0.2) is 9.07 Å². The summed E-state index contributed by atoms with van der Waals surface area (Å²) < 4.78 is 15.1. The van der Waals surface area contributed by atoms with Crippen molar-refractivity contribution in [1.29, 1.82) is 0 Å². The Kier molecular flexibility index (Phi) is 4.53. The maximum absolute atomic E-state index is 13.3. The van der Waals surface area contributed by atoms with Crippen molar-refractivity contribution in [2.75, 3.05) is 0 Å². The Labute approximate surface area is 163 Å². The molecule has 28 heavy (non-hydrogen) atoms. The fraction of sp³-hybridized carbons (Fsp3) is 0.381. The number of amides is 1. The van der Waals surface area contributed by atoms with E-state index in [-0.39, 0.29) is 23.2 Å². The Balaban J connectivity index is 1.65. The van der Waals surface area contributed by atoms with Gasteiger partial charge in [-0.05, 0) is 55.0 Å². The van der Waals surface area contributed by atoms with E-state index in [0.717, 1.165) is 41.9 Å². The molecule has 0 spiro atoms. The summed E-state index contributed by atoms with van der Waals surface area (Å²) in [5.74, 6) is -0.472. The van der Waals surface area contributed by atoms with Crippen molar-refractivity contribution in [2.24, 2.45) is 5.41 Å². The minimum atomic E-state index is -0.277. The van der Waals surface area contributed by atoms with Crippen molar-refractivity contribution in [1.82, 2.24) is 25.3 Å². The number of rotatable bonds is 4. The summed E-state index contributed by atoms with van der Waals surface area (Å²) in [5.41, 5.74) is 4.17. The van der Waals surface area contributed by atoms with Crippen LogP contribution in [0.4, 0.5) is 4.39 Å². The minimum Gasteiger partial charge on any atom is -0.344 e. The number of H-pyrrole nitrogens is 1. The number of aromatic amines is 1. The summed E-state index contributed by atoms with van der Waals surface area (Å²) in [5, 5.41) is 14.6. The van der Waals surface area contributed by atoms with Crippen LogP contribution in [0, 0.1) is 11.2 Å². The van der Waals surface area contributed by atoms with E-state index in [0.29, 0.717) is 5.69 Å². The van der Waals surface area contributed by atoms with Gasteiger partial charge in [0.15, 0.2) is 0 Å². The summed E-state index contributed by atoms with van der Waals surface area (Å²) >= 11 is 0. The van der Waals surface area contributed by atoms with E-state index >= 15 is 0 Å². The van der Waals surface area contributed by atoms with Gasteiger partial charge in [-0.3, -0.25) is 9.89 Å². The number of hydrogen-bond donors (Lipinski definition) is 2. The van der Waals surface area contributed by atoms with Gasteiger partial charge >= 0.3 is 0 Å². The topological polar surface area (TPSA) is 75.6 Å². The first-order chi connectivity index (χ1) is 13.4. The predicted molar refractivity (Wildman–Crippen MR) is 104 cm³/mol. The minimum absolute atomic E-state index is 0.0110. The normalized spacial score (nSPS) is 17.9. The zero-order valence-electron chi connectivity index (χ0n) is 16.3. The molecule has 6 nitrogen and oxygen atoms in total. The van der Waals surface area contributed by atoms with E-state index < -0.39 is 0 Å². The first-order valence-corrected chi connectivity index (χ1v) is 9.54. The van der Waals surface area contributed by atoms with Gasteiger partial charge in [0.25, 0.3) is 5.91 Å². The third-order valence-electron chi connectivity index (χ3n) is 5.30. The Hall–Kier alpha value is -2.96. The van der Waals surface area contributed by atoms with Gasteiger partial charge in [-0.1, -0.05) is 20.8 Å². The molecule has 0 saturated heterocycles. The van der Waals surface area contributed by atoms with Gasteiger partial charge in [-0.2, -0.15) is 10.2 Å². The fourth-order valence-electron chi connectivity index (χ4n) is 3.87. The van der Waals surface area contributed by atoms with Gasteiger partial charge in [0.05, 0.1) is 23.6 Å². The predicted octanol–water partition coefficient (Wildman–Crippen LogP) is 3.74. The summed E-state index contributed by atoms with van der Waals surface area (Å²) in [6.07, 6.45) is 4.24. The van der Waals surface area contributed by atoms with Crippen molar-refractivity contribution in [3.63, 3.8) is 0 Å². The number of hydrogen-bond acceptors (Lipinski definition) is 3. The van der Waals surface area contributed by atoms with Gasteiger partial charge in [-0.15, -0.1) is 0 Å². The van der Waals surface area contributed by atoms with E-state index in [1.54, 1.807) is 24.4 Å². The van der Waals surface area contributed by atoms with Crippen LogP contribution in [0.25, 0.3) is 5.69 Å². The molecule has 2 heterocycles. The number of fused-ring (bicyclic) bond motifs is 1. The van der Waals surface area contributed by atoms with Crippen LogP contribution in [-0.2, 0) is 12.8 Å². The summed E-state index contributed by atoms with van der Waals surface area (Å²) in [6, 6.07) is 7.93. The molecule has 0 bridgehead atoms. The molecule has 0 radical (unpaired) electrons. The molecule has 146 valence electrons. The molecular weight excluding hydrogens is 357 g/mol. The van der Waals surface area contributed by atoms with Crippen LogP contribution >= 0.6 is 0 Å². The zero-order valence-corrected chi connectivity index (χ0v) is 16.3. The second-order valence-corrected chi connectivity index (χ2v) is 8.14. The van der Waals surface area contributed by atoms with Crippen LogP contribution in [-0.4, -0.2) is 25.9 Å². The van der Waals surface area contributed by atoms with E-state index in [9.17, 15) is 9.18 Å². The van der Waals surface area contributed by atoms with Crippen molar-refractivity contribution in [2.45, 2.75) is 46.1 Å². The standard InChI is InChI=1S/C21H24FN5O/c1-4-14-9-17(26-25-14)20(28)24-18-10-21(2,3)11-19-16(18)12-23-27(19)15-7-5-13(22)6-8-15/h5-9,12,18H,4,10-11H2,1-3H3,(H,24,28)(H,25,26)/t18-/m1/s1. The molecule has 0 saturated carbocycles. The number of nitrogens with zero attached hydrogens (tertiary/aromatic N) is 3. The lowest BCUT2D eigenvalue weighted by atomic mass is 9.74.